The molecule has 1 heterocycles. The summed E-state index contributed by atoms with van der Waals surface area (Å²) in [6, 6.07) is 0. The Bertz CT molecular complexity index is 235. The first kappa shape index (κ1) is 14.9. The Kier molecular flexibility index (Phi) is 4.58. The second-order valence-electron chi connectivity index (χ2n) is 6.33. The normalized spacial score (nSPS) is 27.0. The Balaban J connectivity index is 2.70. The minimum Gasteiger partial charge on any atom is -0.390 e. The summed E-state index contributed by atoms with van der Waals surface area (Å²) in [6.07, 6.45) is 1.12. The highest BCUT2D eigenvalue weighted by atomic mass is 16.5. The predicted molar refractivity (Wildman–Crippen MR) is 67.0 cm³/mol. The minimum absolute atomic E-state index is 0.176. The zero-order chi connectivity index (χ0) is 13.3. The van der Waals surface area contributed by atoms with Gasteiger partial charge in [0.05, 0.1) is 12.7 Å². The van der Waals surface area contributed by atoms with Crippen molar-refractivity contribution in [2.24, 2.45) is 5.92 Å². The van der Waals surface area contributed by atoms with E-state index in [-0.39, 0.29) is 17.0 Å². The van der Waals surface area contributed by atoms with E-state index in [1.807, 2.05) is 34.6 Å². The van der Waals surface area contributed by atoms with Crippen molar-refractivity contribution >= 4 is 0 Å². The average Bonchev–Trinajstić information content (AvgIpc) is 2.21. The minimum atomic E-state index is -0.442. The van der Waals surface area contributed by atoms with Gasteiger partial charge < -0.3 is 15.1 Å². The van der Waals surface area contributed by atoms with Gasteiger partial charge in [0.25, 0.3) is 0 Å². The Morgan fingerprint density at radius 3 is 2.12 bits per heavy atom. The monoisotopic (exact) mass is 245 g/mol. The molecule has 4 heteroatoms. The third kappa shape index (κ3) is 3.41. The van der Waals surface area contributed by atoms with Crippen LogP contribution >= 0.6 is 0 Å². The lowest BCUT2D eigenvalue weighted by Crippen LogP contribution is -2.60. The maximum Gasteiger partial charge on any atom is 0.0803 e. The number of aliphatic hydroxyl groups is 1. The standard InChI is InChI=1S/C13H27NO3/c1-6-17-9-11(15)10-7-12(2,3)14(16)13(4,5)8-10/h10-11,15-16H,6-9H2,1-5H3. The molecule has 0 aliphatic carbocycles. The van der Waals surface area contributed by atoms with Gasteiger partial charge in [0.15, 0.2) is 0 Å². The zero-order valence-corrected chi connectivity index (χ0v) is 11.7. The molecular formula is C13H27NO3. The number of aliphatic hydroxyl groups excluding tert-OH is 1. The molecule has 1 aliphatic heterocycles. The van der Waals surface area contributed by atoms with Gasteiger partial charge >= 0.3 is 0 Å². The van der Waals surface area contributed by atoms with Crippen LogP contribution in [0.2, 0.25) is 0 Å². The molecule has 0 saturated carbocycles. The summed E-state index contributed by atoms with van der Waals surface area (Å²) in [6.45, 7) is 11.0. The Morgan fingerprint density at radius 1 is 1.24 bits per heavy atom. The molecule has 0 spiro atoms. The van der Waals surface area contributed by atoms with Crippen molar-refractivity contribution in [3.63, 3.8) is 0 Å². The maximum absolute atomic E-state index is 10.2. The SMILES string of the molecule is CCOCC(O)C1CC(C)(C)N(O)C(C)(C)C1. The van der Waals surface area contributed by atoms with E-state index in [4.69, 9.17) is 4.74 Å². The first-order valence-electron chi connectivity index (χ1n) is 6.46. The summed E-state index contributed by atoms with van der Waals surface area (Å²) in [5.74, 6) is 0.176. The van der Waals surface area contributed by atoms with Gasteiger partial charge in [-0.2, -0.15) is 5.06 Å². The van der Waals surface area contributed by atoms with Gasteiger partial charge in [0.2, 0.25) is 0 Å². The lowest BCUT2D eigenvalue weighted by atomic mass is 9.73. The summed E-state index contributed by atoms with van der Waals surface area (Å²) in [4.78, 5) is 0. The van der Waals surface area contributed by atoms with Crippen LogP contribution in [0, 0.1) is 5.92 Å². The van der Waals surface area contributed by atoms with E-state index in [1.54, 1.807) is 0 Å². The number of hydroxylamine groups is 2. The second kappa shape index (κ2) is 5.22. The van der Waals surface area contributed by atoms with Crippen molar-refractivity contribution < 1.29 is 15.1 Å². The van der Waals surface area contributed by atoms with Crippen molar-refractivity contribution in [2.75, 3.05) is 13.2 Å². The van der Waals surface area contributed by atoms with Gasteiger partial charge in [0, 0.05) is 17.7 Å². The molecule has 0 aromatic carbocycles. The van der Waals surface area contributed by atoms with Crippen LogP contribution < -0.4 is 0 Å². The van der Waals surface area contributed by atoms with Crippen molar-refractivity contribution in [1.29, 1.82) is 0 Å². The molecule has 102 valence electrons. The van der Waals surface area contributed by atoms with E-state index in [2.05, 4.69) is 0 Å². The fourth-order valence-corrected chi connectivity index (χ4v) is 2.99. The lowest BCUT2D eigenvalue weighted by molar-refractivity contribution is -0.257. The quantitative estimate of drug-likeness (QED) is 0.796. The van der Waals surface area contributed by atoms with E-state index in [0.717, 1.165) is 12.8 Å². The third-order valence-corrected chi connectivity index (χ3v) is 3.71. The summed E-state index contributed by atoms with van der Waals surface area (Å²) >= 11 is 0. The molecule has 0 bridgehead atoms. The number of rotatable bonds is 4. The summed E-state index contributed by atoms with van der Waals surface area (Å²) < 4.78 is 5.29. The highest BCUT2D eigenvalue weighted by Crippen LogP contribution is 2.41. The highest BCUT2D eigenvalue weighted by molar-refractivity contribution is 4.97. The topological polar surface area (TPSA) is 52.9 Å². The Morgan fingerprint density at radius 2 is 1.71 bits per heavy atom. The Hall–Kier alpha value is -0.160. The lowest BCUT2D eigenvalue weighted by Gasteiger charge is -2.52. The average molecular weight is 245 g/mol. The third-order valence-electron chi connectivity index (χ3n) is 3.71. The van der Waals surface area contributed by atoms with E-state index in [1.165, 1.54) is 5.06 Å². The smallest absolute Gasteiger partial charge is 0.0803 e. The molecule has 1 saturated heterocycles. The molecular weight excluding hydrogens is 218 g/mol. The molecule has 0 aromatic rings. The fourth-order valence-electron chi connectivity index (χ4n) is 2.99. The van der Waals surface area contributed by atoms with Crippen LogP contribution in [0.1, 0.15) is 47.5 Å². The molecule has 1 rings (SSSR count). The van der Waals surface area contributed by atoms with Crippen LogP contribution in [0.5, 0.6) is 0 Å². The molecule has 17 heavy (non-hydrogen) atoms. The fraction of sp³-hybridized carbons (Fsp3) is 1.00. The molecule has 2 N–H and O–H groups in total. The predicted octanol–water partition coefficient (Wildman–Crippen LogP) is 2.04. The molecule has 0 aromatic heterocycles. The number of ether oxygens (including phenoxy) is 1. The van der Waals surface area contributed by atoms with Gasteiger partial charge in [-0.05, 0) is 53.4 Å². The van der Waals surface area contributed by atoms with E-state index >= 15 is 0 Å². The van der Waals surface area contributed by atoms with Gasteiger partial charge in [-0.25, -0.2) is 0 Å². The van der Waals surface area contributed by atoms with Crippen LogP contribution in [-0.2, 0) is 4.74 Å². The van der Waals surface area contributed by atoms with Crippen LogP contribution in [0.4, 0.5) is 0 Å². The van der Waals surface area contributed by atoms with Gasteiger partial charge in [0.1, 0.15) is 0 Å². The summed E-state index contributed by atoms with van der Waals surface area (Å²) in [5.41, 5.74) is -0.612. The molecule has 0 amide bonds. The van der Waals surface area contributed by atoms with Crippen molar-refractivity contribution in [3.8, 4) is 0 Å². The zero-order valence-electron chi connectivity index (χ0n) is 11.7. The first-order valence-corrected chi connectivity index (χ1v) is 6.46. The molecule has 1 atom stereocenters. The second-order valence-corrected chi connectivity index (χ2v) is 6.33. The number of piperidine rings is 1. The van der Waals surface area contributed by atoms with E-state index in [0.29, 0.717) is 13.2 Å². The van der Waals surface area contributed by atoms with E-state index in [9.17, 15) is 10.3 Å². The van der Waals surface area contributed by atoms with Gasteiger partial charge in [-0.3, -0.25) is 0 Å². The Labute approximate surface area is 105 Å². The molecule has 1 fully saturated rings. The maximum atomic E-state index is 10.2. The molecule has 4 nitrogen and oxygen atoms in total. The highest BCUT2D eigenvalue weighted by Gasteiger charge is 2.46. The van der Waals surface area contributed by atoms with Crippen LogP contribution in [-0.4, -0.2) is 45.8 Å². The van der Waals surface area contributed by atoms with Crippen molar-refractivity contribution in [1.82, 2.24) is 5.06 Å². The van der Waals surface area contributed by atoms with Crippen LogP contribution in [0.25, 0.3) is 0 Å². The van der Waals surface area contributed by atoms with Gasteiger partial charge in [-0.1, -0.05) is 0 Å². The largest absolute Gasteiger partial charge is 0.390 e. The number of hydrogen-bond acceptors (Lipinski definition) is 4. The van der Waals surface area contributed by atoms with Crippen molar-refractivity contribution in [2.45, 2.75) is 64.6 Å². The van der Waals surface area contributed by atoms with Crippen molar-refractivity contribution in [3.05, 3.63) is 0 Å². The van der Waals surface area contributed by atoms with Gasteiger partial charge in [-0.15, -0.1) is 0 Å². The number of nitrogens with zero attached hydrogens (tertiary/aromatic N) is 1. The van der Waals surface area contributed by atoms with E-state index < -0.39 is 6.10 Å². The molecule has 1 aliphatic rings. The summed E-state index contributed by atoms with van der Waals surface area (Å²) in [7, 11) is 0. The van der Waals surface area contributed by atoms with Crippen LogP contribution in [0.3, 0.4) is 0 Å². The van der Waals surface area contributed by atoms with Crippen LogP contribution in [0.15, 0.2) is 0 Å². The summed E-state index contributed by atoms with van der Waals surface area (Å²) in [5, 5.41) is 21.7. The molecule has 1 unspecified atom stereocenters. The molecule has 0 radical (unpaired) electrons. The first-order chi connectivity index (χ1) is 7.70. The number of hydrogen-bond donors (Lipinski definition) is 2.